The number of benzene rings is 3. The molecule has 6 heteroatoms. The number of hydrogen-bond acceptors (Lipinski definition) is 3. The van der Waals surface area contributed by atoms with Crippen LogP contribution in [0.1, 0.15) is 23.6 Å². The third kappa shape index (κ3) is 6.17. The molecule has 0 bridgehead atoms. The van der Waals surface area contributed by atoms with E-state index in [0.717, 1.165) is 31.9 Å². The van der Waals surface area contributed by atoms with Crippen LogP contribution >= 0.6 is 45.8 Å². The van der Waals surface area contributed by atoms with E-state index in [1.807, 2.05) is 25.1 Å². The highest BCUT2D eigenvalue weighted by molar-refractivity contribution is 14.1. The van der Waals surface area contributed by atoms with E-state index in [1.165, 1.54) is 5.56 Å². The molecule has 0 aromatic heterocycles. The molecule has 152 valence electrons. The standard InChI is InChI=1S/C23H22Cl2INO2/c1-3-28-22-11-16(13-27-19-6-4-5-15(2)9-19)10-21(26)23(22)29-14-17-7-8-18(24)12-20(17)25/h4-12,27H,3,13-14H2,1-2H3. The van der Waals surface area contributed by atoms with Crippen LogP contribution < -0.4 is 14.8 Å². The molecule has 0 unspecified atom stereocenters. The Morgan fingerprint density at radius 1 is 1.00 bits per heavy atom. The van der Waals surface area contributed by atoms with Crippen molar-refractivity contribution in [1.29, 1.82) is 0 Å². The van der Waals surface area contributed by atoms with Crippen LogP contribution in [0.5, 0.6) is 11.5 Å². The van der Waals surface area contributed by atoms with Gasteiger partial charge in [-0.25, -0.2) is 0 Å². The molecule has 29 heavy (non-hydrogen) atoms. The molecular weight excluding hydrogens is 520 g/mol. The van der Waals surface area contributed by atoms with Gasteiger partial charge in [-0.1, -0.05) is 41.4 Å². The van der Waals surface area contributed by atoms with Crippen molar-refractivity contribution >= 4 is 51.5 Å². The van der Waals surface area contributed by atoms with Crippen molar-refractivity contribution in [3.8, 4) is 11.5 Å². The largest absolute Gasteiger partial charge is 0.490 e. The van der Waals surface area contributed by atoms with Crippen LogP contribution in [0, 0.1) is 10.5 Å². The zero-order valence-corrected chi connectivity index (χ0v) is 19.9. The molecule has 0 amide bonds. The monoisotopic (exact) mass is 541 g/mol. The molecule has 1 N–H and O–H groups in total. The van der Waals surface area contributed by atoms with Crippen molar-refractivity contribution in [3.63, 3.8) is 0 Å². The lowest BCUT2D eigenvalue weighted by Crippen LogP contribution is -2.05. The van der Waals surface area contributed by atoms with Gasteiger partial charge < -0.3 is 14.8 Å². The van der Waals surface area contributed by atoms with Gasteiger partial charge in [0.15, 0.2) is 11.5 Å². The summed E-state index contributed by atoms with van der Waals surface area (Å²) in [6.45, 7) is 5.64. The third-order valence-electron chi connectivity index (χ3n) is 4.27. The van der Waals surface area contributed by atoms with Gasteiger partial charge in [0.05, 0.1) is 10.2 Å². The van der Waals surface area contributed by atoms with Gasteiger partial charge in [0.2, 0.25) is 0 Å². The second kappa shape index (κ2) is 10.4. The van der Waals surface area contributed by atoms with Crippen LogP contribution in [0.4, 0.5) is 5.69 Å². The molecule has 0 aliphatic heterocycles. The summed E-state index contributed by atoms with van der Waals surface area (Å²) in [7, 11) is 0. The molecule has 3 aromatic carbocycles. The summed E-state index contributed by atoms with van der Waals surface area (Å²) in [6, 6.07) is 17.8. The highest BCUT2D eigenvalue weighted by Crippen LogP contribution is 2.35. The summed E-state index contributed by atoms with van der Waals surface area (Å²) in [5, 5.41) is 4.65. The van der Waals surface area contributed by atoms with Gasteiger partial charge in [-0.3, -0.25) is 0 Å². The Bertz CT molecular complexity index is 995. The summed E-state index contributed by atoms with van der Waals surface area (Å²) < 4.78 is 12.9. The lowest BCUT2D eigenvalue weighted by Gasteiger charge is -2.16. The zero-order chi connectivity index (χ0) is 20.8. The van der Waals surface area contributed by atoms with Gasteiger partial charge >= 0.3 is 0 Å². The lowest BCUT2D eigenvalue weighted by atomic mass is 10.1. The van der Waals surface area contributed by atoms with E-state index in [1.54, 1.807) is 12.1 Å². The first-order valence-corrected chi connectivity index (χ1v) is 11.1. The van der Waals surface area contributed by atoms with E-state index in [9.17, 15) is 0 Å². The van der Waals surface area contributed by atoms with Gasteiger partial charge in [0.25, 0.3) is 0 Å². The van der Waals surface area contributed by atoms with Crippen molar-refractivity contribution in [2.24, 2.45) is 0 Å². The van der Waals surface area contributed by atoms with Crippen molar-refractivity contribution < 1.29 is 9.47 Å². The van der Waals surface area contributed by atoms with E-state index in [2.05, 4.69) is 59.1 Å². The summed E-state index contributed by atoms with van der Waals surface area (Å²) in [5.74, 6) is 1.45. The fraction of sp³-hybridized carbons (Fsp3) is 0.217. The number of ether oxygens (including phenoxy) is 2. The Morgan fingerprint density at radius 2 is 1.83 bits per heavy atom. The topological polar surface area (TPSA) is 30.5 Å². The minimum Gasteiger partial charge on any atom is -0.490 e. The number of halogens is 3. The molecular formula is C23H22Cl2INO2. The smallest absolute Gasteiger partial charge is 0.174 e. The number of nitrogens with one attached hydrogen (secondary N) is 1. The van der Waals surface area contributed by atoms with Crippen molar-refractivity contribution in [1.82, 2.24) is 0 Å². The van der Waals surface area contributed by atoms with Crippen LogP contribution in [0.3, 0.4) is 0 Å². The van der Waals surface area contributed by atoms with Crippen molar-refractivity contribution in [2.75, 3.05) is 11.9 Å². The number of aryl methyl sites for hydroxylation is 1. The SMILES string of the molecule is CCOc1cc(CNc2cccc(C)c2)cc(I)c1OCc1ccc(Cl)cc1Cl. The molecule has 3 rings (SSSR count). The number of hydrogen-bond donors (Lipinski definition) is 1. The highest BCUT2D eigenvalue weighted by Gasteiger charge is 2.13. The summed E-state index contributed by atoms with van der Waals surface area (Å²) in [4.78, 5) is 0. The number of rotatable bonds is 8. The first-order chi connectivity index (χ1) is 14.0. The van der Waals surface area contributed by atoms with E-state index in [-0.39, 0.29) is 0 Å². The lowest BCUT2D eigenvalue weighted by molar-refractivity contribution is 0.267. The minimum atomic E-state index is 0.340. The van der Waals surface area contributed by atoms with Gasteiger partial charge in [-0.2, -0.15) is 0 Å². The normalized spacial score (nSPS) is 10.7. The Labute approximate surface area is 195 Å². The maximum Gasteiger partial charge on any atom is 0.174 e. The summed E-state index contributed by atoms with van der Waals surface area (Å²) in [5.41, 5.74) is 4.32. The Hall–Kier alpha value is -1.63. The number of anilines is 1. The quantitative estimate of drug-likeness (QED) is 0.299. The molecule has 0 aliphatic rings. The molecule has 0 fully saturated rings. The van der Waals surface area contributed by atoms with Crippen LogP contribution in [-0.4, -0.2) is 6.61 Å². The fourth-order valence-corrected chi connectivity index (χ4v) is 4.16. The summed E-state index contributed by atoms with van der Waals surface area (Å²) >= 11 is 14.5. The molecule has 0 heterocycles. The molecule has 0 spiro atoms. The Balaban J connectivity index is 1.76. The zero-order valence-electron chi connectivity index (χ0n) is 16.3. The van der Waals surface area contributed by atoms with Crippen LogP contribution in [0.15, 0.2) is 54.6 Å². The maximum atomic E-state index is 6.27. The predicted octanol–water partition coefficient (Wildman–Crippen LogP) is 7.50. The third-order valence-corrected chi connectivity index (χ3v) is 5.66. The van der Waals surface area contributed by atoms with Gasteiger partial charge in [-0.05, 0) is 84.0 Å². The minimum absolute atomic E-state index is 0.340. The Kier molecular flexibility index (Phi) is 7.92. The molecule has 0 saturated heterocycles. The Morgan fingerprint density at radius 3 is 2.55 bits per heavy atom. The van der Waals surface area contributed by atoms with Crippen LogP contribution in [-0.2, 0) is 13.2 Å². The first-order valence-electron chi connectivity index (χ1n) is 9.28. The molecule has 0 atom stereocenters. The average molecular weight is 542 g/mol. The first kappa shape index (κ1) is 22.1. The highest BCUT2D eigenvalue weighted by atomic mass is 127. The van der Waals surface area contributed by atoms with Gasteiger partial charge in [0, 0.05) is 27.8 Å². The van der Waals surface area contributed by atoms with Gasteiger partial charge in [0.1, 0.15) is 6.61 Å². The molecule has 0 aliphatic carbocycles. The van der Waals surface area contributed by atoms with E-state index < -0.39 is 0 Å². The maximum absolute atomic E-state index is 6.27. The van der Waals surface area contributed by atoms with E-state index >= 15 is 0 Å². The van der Waals surface area contributed by atoms with Crippen molar-refractivity contribution in [3.05, 3.63) is 84.9 Å². The van der Waals surface area contributed by atoms with E-state index in [0.29, 0.717) is 29.8 Å². The van der Waals surface area contributed by atoms with Crippen molar-refractivity contribution in [2.45, 2.75) is 27.0 Å². The second-order valence-corrected chi connectivity index (χ2v) is 8.59. The molecule has 3 aromatic rings. The van der Waals surface area contributed by atoms with Crippen LogP contribution in [0.2, 0.25) is 10.0 Å². The molecule has 3 nitrogen and oxygen atoms in total. The van der Waals surface area contributed by atoms with Crippen LogP contribution in [0.25, 0.3) is 0 Å². The fourth-order valence-electron chi connectivity index (χ4n) is 2.87. The van der Waals surface area contributed by atoms with Gasteiger partial charge in [-0.15, -0.1) is 0 Å². The van der Waals surface area contributed by atoms with E-state index in [4.69, 9.17) is 32.7 Å². The molecule has 0 radical (unpaired) electrons. The average Bonchev–Trinajstić information content (AvgIpc) is 2.67. The molecule has 0 saturated carbocycles. The summed E-state index contributed by atoms with van der Waals surface area (Å²) in [6.07, 6.45) is 0. The predicted molar refractivity (Wildman–Crippen MR) is 130 cm³/mol. The second-order valence-electron chi connectivity index (χ2n) is 6.59.